The number of aliphatic carboxylic acids is 1. The van der Waals surface area contributed by atoms with Gasteiger partial charge in [0.25, 0.3) is 0 Å². The Hall–Kier alpha value is -2.97. The van der Waals surface area contributed by atoms with E-state index in [1.807, 2.05) is 36.1 Å². The summed E-state index contributed by atoms with van der Waals surface area (Å²) >= 11 is 0. The molecular formula is C30H38F2N4O2. The zero-order valence-electron chi connectivity index (χ0n) is 22.7. The molecule has 8 heteroatoms. The molecule has 3 heterocycles. The number of para-hydroxylation sites is 1. The van der Waals surface area contributed by atoms with Crippen LogP contribution in [0.2, 0.25) is 0 Å². The maximum Gasteiger partial charge on any atom is 0.310 e. The monoisotopic (exact) mass is 524 g/mol. The van der Waals surface area contributed by atoms with Crippen molar-refractivity contribution in [2.75, 3.05) is 31.5 Å². The van der Waals surface area contributed by atoms with Gasteiger partial charge in [0, 0.05) is 53.5 Å². The molecule has 5 rings (SSSR count). The van der Waals surface area contributed by atoms with Gasteiger partial charge in [-0.3, -0.25) is 14.6 Å². The normalized spacial score (nSPS) is 20.9. The van der Waals surface area contributed by atoms with E-state index in [1.54, 1.807) is 13.8 Å². The van der Waals surface area contributed by atoms with Crippen molar-refractivity contribution in [3.8, 4) is 0 Å². The summed E-state index contributed by atoms with van der Waals surface area (Å²) in [5.74, 6) is -2.20. The van der Waals surface area contributed by atoms with Crippen LogP contribution in [0.25, 0.3) is 10.9 Å². The van der Waals surface area contributed by atoms with Crippen molar-refractivity contribution in [3.63, 3.8) is 0 Å². The molecule has 3 N–H and O–H groups in total. The maximum atomic E-state index is 15.9. The van der Waals surface area contributed by atoms with Crippen LogP contribution in [0.5, 0.6) is 0 Å². The average molecular weight is 525 g/mol. The molecule has 38 heavy (non-hydrogen) atoms. The third kappa shape index (κ3) is 4.92. The van der Waals surface area contributed by atoms with Crippen molar-refractivity contribution in [1.29, 1.82) is 0 Å². The Balaban J connectivity index is 1.51. The van der Waals surface area contributed by atoms with Crippen LogP contribution in [0.4, 0.5) is 14.5 Å². The first kappa shape index (κ1) is 26.6. The van der Waals surface area contributed by atoms with E-state index in [1.165, 1.54) is 12.1 Å². The quantitative estimate of drug-likeness (QED) is 0.331. The number of aromatic amines is 1. The van der Waals surface area contributed by atoms with Gasteiger partial charge in [-0.1, -0.05) is 31.5 Å². The highest BCUT2D eigenvalue weighted by Gasteiger charge is 2.42. The lowest BCUT2D eigenvalue weighted by Gasteiger charge is -2.44. The number of carboxylic acids is 1. The first-order valence-electron chi connectivity index (χ1n) is 13.7. The number of nitrogens with zero attached hydrogens (tertiary/aromatic N) is 2. The topological polar surface area (TPSA) is 71.6 Å². The van der Waals surface area contributed by atoms with Crippen LogP contribution < -0.4 is 5.32 Å². The second kappa shape index (κ2) is 10.3. The summed E-state index contributed by atoms with van der Waals surface area (Å²) in [5, 5.41) is 14.2. The van der Waals surface area contributed by atoms with Gasteiger partial charge in [0.1, 0.15) is 11.6 Å². The van der Waals surface area contributed by atoms with E-state index in [-0.39, 0.29) is 24.2 Å². The van der Waals surface area contributed by atoms with Crippen molar-refractivity contribution < 1.29 is 18.7 Å². The number of anilines is 1. The molecule has 0 aliphatic carbocycles. The van der Waals surface area contributed by atoms with E-state index < -0.39 is 29.1 Å². The Labute approximate surface area is 223 Å². The summed E-state index contributed by atoms with van der Waals surface area (Å²) in [7, 11) is 0. The molecule has 0 bridgehead atoms. The molecule has 2 aliphatic rings. The number of hydrogen-bond donors (Lipinski definition) is 3. The average Bonchev–Trinajstić information content (AvgIpc) is 3.19. The minimum Gasteiger partial charge on any atom is -0.481 e. The van der Waals surface area contributed by atoms with Crippen LogP contribution in [0, 0.1) is 17.0 Å². The highest BCUT2D eigenvalue weighted by atomic mass is 19.1. The summed E-state index contributed by atoms with van der Waals surface area (Å²) in [4.78, 5) is 19.7. The van der Waals surface area contributed by atoms with Crippen LogP contribution in [-0.4, -0.2) is 64.1 Å². The molecular weight excluding hydrogens is 486 g/mol. The molecule has 1 fully saturated rings. The van der Waals surface area contributed by atoms with Crippen LogP contribution in [0.15, 0.2) is 36.4 Å². The molecule has 2 aliphatic heterocycles. The summed E-state index contributed by atoms with van der Waals surface area (Å²) in [6.45, 7) is 10.4. The van der Waals surface area contributed by atoms with Gasteiger partial charge in [-0.2, -0.15) is 0 Å². The maximum absolute atomic E-state index is 15.9. The lowest BCUT2D eigenvalue weighted by Crippen LogP contribution is -2.54. The van der Waals surface area contributed by atoms with Crippen molar-refractivity contribution in [1.82, 2.24) is 14.8 Å². The number of benzene rings is 2. The van der Waals surface area contributed by atoms with E-state index in [0.29, 0.717) is 12.1 Å². The van der Waals surface area contributed by atoms with Gasteiger partial charge in [0.05, 0.1) is 17.5 Å². The van der Waals surface area contributed by atoms with Crippen molar-refractivity contribution in [2.45, 2.75) is 65.1 Å². The second-order valence-corrected chi connectivity index (χ2v) is 11.7. The van der Waals surface area contributed by atoms with Crippen LogP contribution in [0.3, 0.4) is 0 Å². The van der Waals surface area contributed by atoms with E-state index in [2.05, 4.69) is 22.1 Å². The predicted molar refractivity (Wildman–Crippen MR) is 147 cm³/mol. The fourth-order valence-corrected chi connectivity index (χ4v) is 5.98. The van der Waals surface area contributed by atoms with Gasteiger partial charge in [-0.05, 0) is 63.9 Å². The number of aromatic nitrogens is 1. The molecule has 2 aromatic carbocycles. The molecule has 2 atom stereocenters. The molecule has 0 spiro atoms. The fourth-order valence-electron chi connectivity index (χ4n) is 5.98. The molecule has 0 unspecified atom stereocenters. The number of hydrogen-bond acceptors (Lipinski definition) is 4. The molecule has 6 nitrogen and oxygen atoms in total. The highest BCUT2D eigenvalue weighted by molar-refractivity contribution is 5.85. The smallest absolute Gasteiger partial charge is 0.310 e. The standard InChI is InChI=1S/C30H38F2N4O2/c1-5-6-11-35-15-20(16-35)33-19-13-23(31)26(24(32)14-19)28-27-22(21-9-7-8-10-25(21)34-27)12-18(2)36(28)17-30(3,4)29(37)38/h7-10,13-14,18,20,28,33-34H,5-6,11-12,15-17H2,1-4H3,(H,37,38)/t18-,28-/m1/s1. The molecule has 0 saturated carbocycles. The van der Waals surface area contributed by atoms with E-state index in [0.717, 1.165) is 54.6 Å². The van der Waals surface area contributed by atoms with Crippen molar-refractivity contribution >= 4 is 22.6 Å². The van der Waals surface area contributed by atoms with Gasteiger partial charge in [0.15, 0.2) is 0 Å². The number of carbonyl (C=O) groups is 1. The Bertz CT molecular complexity index is 1310. The Morgan fingerprint density at radius 2 is 1.87 bits per heavy atom. The Morgan fingerprint density at radius 3 is 2.53 bits per heavy atom. The summed E-state index contributed by atoms with van der Waals surface area (Å²) < 4.78 is 31.8. The molecule has 204 valence electrons. The number of likely N-dealkylation sites (tertiary alicyclic amines) is 1. The number of carboxylic acid groups (broad SMARTS) is 1. The first-order valence-corrected chi connectivity index (χ1v) is 13.7. The highest BCUT2D eigenvalue weighted by Crippen LogP contribution is 2.44. The number of rotatable bonds is 9. The molecule has 0 amide bonds. The SMILES string of the molecule is CCCCN1CC(Nc2cc(F)c([C@@H]3c4[nH]c5ccccc5c4C[C@@H](C)N3CC(C)(C)C(=O)O)c(F)c2)C1. The summed E-state index contributed by atoms with van der Waals surface area (Å²) in [6, 6.07) is 9.91. The third-order valence-electron chi connectivity index (χ3n) is 8.18. The number of nitrogens with one attached hydrogen (secondary N) is 2. The van der Waals surface area contributed by atoms with Gasteiger partial charge >= 0.3 is 5.97 Å². The number of fused-ring (bicyclic) bond motifs is 3. The molecule has 3 aromatic rings. The number of halogens is 2. The first-order chi connectivity index (χ1) is 18.1. The largest absolute Gasteiger partial charge is 0.481 e. The molecule has 1 aromatic heterocycles. The number of H-pyrrole nitrogens is 1. The van der Waals surface area contributed by atoms with Crippen LogP contribution in [-0.2, 0) is 11.2 Å². The van der Waals surface area contributed by atoms with Gasteiger partial charge < -0.3 is 15.4 Å². The fraction of sp³-hybridized carbons (Fsp3) is 0.500. The van der Waals surface area contributed by atoms with E-state index in [4.69, 9.17) is 0 Å². The lowest BCUT2D eigenvalue weighted by atomic mass is 9.84. The lowest BCUT2D eigenvalue weighted by molar-refractivity contribution is -0.148. The summed E-state index contributed by atoms with van der Waals surface area (Å²) in [5.41, 5.74) is 1.96. The van der Waals surface area contributed by atoms with Crippen molar-refractivity contribution in [2.24, 2.45) is 5.41 Å². The zero-order chi connectivity index (χ0) is 27.2. The minimum atomic E-state index is -1.10. The van der Waals surface area contributed by atoms with Crippen LogP contribution in [0.1, 0.15) is 63.4 Å². The molecule has 0 radical (unpaired) electrons. The van der Waals surface area contributed by atoms with E-state index >= 15 is 8.78 Å². The van der Waals surface area contributed by atoms with Crippen LogP contribution >= 0.6 is 0 Å². The Kier molecular flexibility index (Phi) is 7.22. The third-order valence-corrected chi connectivity index (χ3v) is 8.18. The Morgan fingerprint density at radius 1 is 1.18 bits per heavy atom. The molecule has 1 saturated heterocycles. The predicted octanol–water partition coefficient (Wildman–Crippen LogP) is 5.79. The number of unbranched alkanes of at least 4 members (excludes halogenated alkanes) is 1. The minimum absolute atomic E-state index is 0.0470. The van der Waals surface area contributed by atoms with Gasteiger partial charge in [-0.15, -0.1) is 0 Å². The zero-order valence-corrected chi connectivity index (χ0v) is 22.7. The van der Waals surface area contributed by atoms with E-state index in [9.17, 15) is 9.90 Å². The second-order valence-electron chi connectivity index (χ2n) is 11.7. The van der Waals surface area contributed by atoms with Gasteiger partial charge in [0.2, 0.25) is 0 Å². The van der Waals surface area contributed by atoms with Crippen molar-refractivity contribution in [3.05, 3.63) is 64.9 Å². The summed E-state index contributed by atoms with van der Waals surface area (Å²) in [6.07, 6.45) is 2.95. The van der Waals surface area contributed by atoms with Gasteiger partial charge in [-0.25, -0.2) is 8.78 Å².